The number of carbonyl (C=O) groups is 5. The number of rotatable bonds is 9. The smallest absolute Gasteiger partial charge is 0.343 e. The number of hydrogen-bond donors (Lipinski definition) is 0. The van der Waals surface area contributed by atoms with Gasteiger partial charge in [-0.15, -0.1) is 0 Å². The van der Waals surface area contributed by atoms with Crippen molar-refractivity contribution in [2.24, 2.45) is 5.92 Å². The summed E-state index contributed by atoms with van der Waals surface area (Å²) in [5, 5.41) is 11.4. The fourth-order valence-electron chi connectivity index (χ4n) is 4.24. The molecule has 0 unspecified atom stereocenters. The highest BCUT2D eigenvalue weighted by Gasteiger charge is 2.48. The molecule has 1 atom stereocenters. The van der Waals surface area contributed by atoms with Gasteiger partial charge >= 0.3 is 11.9 Å². The molecule has 0 N–H and O–H groups in total. The van der Waals surface area contributed by atoms with Gasteiger partial charge in [0, 0.05) is 11.6 Å². The molecule has 3 aromatic rings. The Morgan fingerprint density at radius 1 is 0.900 bits per heavy atom. The number of esters is 2. The first-order valence-electron chi connectivity index (χ1n) is 12.2. The number of fused-ring (bicyclic) bond motifs is 1. The molecule has 4 rings (SSSR count). The third-order valence-electron chi connectivity index (χ3n) is 6.29. The molecular weight excluding hydrogens is 520 g/mol. The highest BCUT2D eigenvalue weighted by Crippen LogP contribution is 2.33. The highest BCUT2D eigenvalue weighted by atomic mass is 16.6. The van der Waals surface area contributed by atoms with Crippen LogP contribution < -0.4 is 4.74 Å². The van der Waals surface area contributed by atoms with Gasteiger partial charge in [0.05, 0.1) is 16.1 Å². The number of hydrogen-bond acceptors (Lipinski definition) is 9. The van der Waals surface area contributed by atoms with Gasteiger partial charge in [0.15, 0.2) is 12.4 Å². The standard InChI is InChI=1S/C29H24N2O9/c1-16(2)25(30-26(33)21-5-4-6-22(31(37)38)24(21)27(30)34)29(36)39-15-23(32)18-11-13-20(14-12-18)40-28(35)19-9-7-17(3)8-10-19/h4-14,16,25H,15H2,1-3H3/t25-/m0/s1. The number of Topliss-reactive ketones (excluding diaryl/α,β-unsaturated/α-hetero) is 1. The number of nitro groups is 1. The number of amides is 2. The zero-order valence-corrected chi connectivity index (χ0v) is 21.8. The molecule has 204 valence electrons. The second-order valence-electron chi connectivity index (χ2n) is 9.44. The van der Waals surface area contributed by atoms with Crippen LogP contribution in [-0.2, 0) is 9.53 Å². The molecule has 1 aliphatic heterocycles. The first-order valence-corrected chi connectivity index (χ1v) is 12.2. The van der Waals surface area contributed by atoms with Crippen LogP contribution in [0.3, 0.4) is 0 Å². The topological polar surface area (TPSA) is 150 Å². The molecule has 1 aliphatic rings. The Bertz CT molecular complexity index is 1530. The largest absolute Gasteiger partial charge is 0.456 e. The summed E-state index contributed by atoms with van der Waals surface area (Å²) < 4.78 is 10.5. The number of ether oxygens (including phenoxy) is 2. The molecule has 0 saturated carbocycles. The van der Waals surface area contributed by atoms with Crippen molar-refractivity contribution in [2.75, 3.05) is 6.61 Å². The normalized spacial score (nSPS) is 13.2. The van der Waals surface area contributed by atoms with Crippen molar-refractivity contribution in [1.82, 2.24) is 4.90 Å². The molecule has 3 aromatic carbocycles. The van der Waals surface area contributed by atoms with E-state index in [9.17, 15) is 34.1 Å². The van der Waals surface area contributed by atoms with Crippen LogP contribution in [0, 0.1) is 23.0 Å². The van der Waals surface area contributed by atoms with E-state index < -0.39 is 64.3 Å². The van der Waals surface area contributed by atoms with Crippen molar-refractivity contribution < 1.29 is 38.4 Å². The van der Waals surface area contributed by atoms with Gasteiger partial charge in [-0.05, 0) is 55.3 Å². The molecular formula is C29H24N2O9. The summed E-state index contributed by atoms with van der Waals surface area (Å²) in [6.45, 7) is 4.35. The first kappa shape index (κ1) is 27.8. The SMILES string of the molecule is Cc1ccc(C(=O)Oc2ccc(C(=O)COC(=O)[C@H](C(C)C)N3C(=O)c4cccc([N+](=O)[O-])c4C3=O)cc2)cc1. The Morgan fingerprint density at radius 2 is 1.52 bits per heavy atom. The number of ketones is 1. The van der Waals surface area contributed by atoms with Gasteiger partial charge in [-0.25, -0.2) is 9.59 Å². The van der Waals surface area contributed by atoms with Crippen LogP contribution >= 0.6 is 0 Å². The number of nitrogens with zero attached hydrogens (tertiary/aromatic N) is 2. The maximum absolute atomic E-state index is 13.0. The average Bonchev–Trinajstić information content (AvgIpc) is 3.17. The Kier molecular flexibility index (Phi) is 7.85. The molecule has 1 heterocycles. The Morgan fingerprint density at radius 3 is 2.12 bits per heavy atom. The third kappa shape index (κ3) is 5.48. The van der Waals surface area contributed by atoms with Crippen molar-refractivity contribution in [3.8, 4) is 5.75 Å². The lowest BCUT2D eigenvalue weighted by molar-refractivity contribution is -0.385. The summed E-state index contributed by atoms with van der Waals surface area (Å²) in [7, 11) is 0. The van der Waals surface area contributed by atoms with Crippen LogP contribution in [-0.4, -0.2) is 52.0 Å². The number of imide groups is 1. The van der Waals surface area contributed by atoms with Crippen LogP contribution in [0.5, 0.6) is 5.75 Å². The summed E-state index contributed by atoms with van der Waals surface area (Å²) in [5.74, 6) is -4.41. The predicted octanol–water partition coefficient (Wildman–Crippen LogP) is 4.17. The van der Waals surface area contributed by atoms with E-state index in [1.807, 2.05) is 6.92 Å². The summed E-state index contributed by atoms with van der Waals surface area (Å²) in [6, 6.07) is 14.7. The van der Waals surface area contributed by atoms with E-state index in [2.05, 4.69) is 0 Å². The van der Waals surface area contributed by atoms with Crippen LogP contribution in [0.2, 0.25) is 0 Å². The van der Waals surface area contributed by atoms with Gasteiger partial charge in [0.1, 0.15) is 17.4 Å². The molecule has 0 bridgehead atoms. The number of carbonyl (C=O) groups excluding carboxylic acids is 5. The Hall–Kier alpha value is -5.19. The van der Waals surface area contributed by atoms with Gasteiger partial charge in [-0.1, -0.05) is 37.6 Å². The van der Waals surface area contributed by atoms with E-state index in [4.69, 9.17) is 9.47 Å². The minimum atomic E-state index is -1.41. The molecule has 40 heavy (non-hydrogen) atoms. The van der Waals surface area contributed by atoms with Crippen molar-refractivity contribution in [3.05, 3.63) is 105 Å². The molecule has 0 fully saturated rings. The van der Waals surface area contributed by atoms with E-state index >= 15 is 0 Å². The second kappa shape index (κ2) is 11.3. The molecule has 0 aromatic heterocycles. The summed E-state index contributed by atoms with van der Waals surface area (Å²) in [5.41, 5.74) is 0.405. The van der Waals surface area contributed by atoms with Crippen molar-refractivity contribution in [1.29, 1.82) is 0 Å². The van der Waals surface area contributed by atoms with E-state index in [0.717, 1.165) is 11.6 Å². The Balaban J connectivity index is 1.41. The van der Waals surface area contributed by atoms with Gasteiger partial charge < -0.3 is 9.47 Å². The van der Waals surface area contributed by atoms with Gasteiger partial charge in [0.25, 0.3) is 17.5 Å². The van der Waals surface area contributed by atoms with E-state index in [1.165, 1.54) is 36.4 Å². The van der Waals surface area contributed by atoms with Gasteiger partial charge in [-0.2, -0.15) is 0 Å². The maximum Gasteiger partial charge on any atom is 0.343 e. The van der Waals surface area contributed by atoms with Gasteiger partial charge in [-0.3, -0.25) is 29.4 Å². The van der Waals surface area contributed by atoms with Crippen LogP contribution in [0.4, 0.5) is 5.69 Å². The number of aryl methyl sites for hydroxylation is 1. The molecule has 0 saturated heterocycles. The van der Waals surface area contributed by atoms with Crippen molar-refractivity contribution in [3.63, 3.8) is 0 Å². The van der Waals surface area contributed by atoms with E-state index in [1.54, 1.807) is 38.1 Å². The quantitative estimate of drug-likeness (QED) is 0.0965. The van der Waals surface area contributed by atoms with Crippen molar-refractivity contribution >= 4 is 35.2 Å². The lowest BCUT2D eigenvalue weighted by Gasteiger charge is -2.27. The third-order valence-corrected chi connectivity index (χ3v) is 6.29. The number of benzene rings is 3. The van der Waals surface area contributed by atoms with Crippen LogP contribution in [0.1, 0.15) is 60.8 Å². The van der Waals surface area contributed by atoms with Crippen molar-refractivity contribution in [2.45, 2.75) is 26.8 Å². The van der Waals surface area contributed by atoms with Crippen LogP contribution in [0.15, 0.2) is 66.7 Å². The van der Waals surface area contributed by atoms with E-state index in [-0.39, 0.29) is 16.9 Å². The van der Waals surface area contributed by atoms with Gasteiger partial charge in [0.2, 0.25) is 0 Å². The highest BCUT2D eigenvalue weighted by molar-refractivity contribution is 6.24. The summed E-state index contributed by atoms with van der Waals surface area (Å²) in [6.07, 6.45) is 0. The summed E-state index contributed by atoms with van der Waals surface area (Å²) >= 11 is 0. The maximum atomic E-state index is 13.0. The Labute approximate surface area is 228 Å². The molecule has 0 radical (unpaired) electrons. The molecule has 0 spiro atoms. The van der Waals surface area contributed by atoms with Crippen LogP contribution in [0.25, 0.3) is 0 Å². The minimum Gasteiger partial charge on any atom is -0.456 e. The zero-order chi connectivity index (χ0) is 29.1. The van der Waals surface area contributed by atoms with E-state index in [0.29, 0.717) is 10.5 Å². The monoisotopic (exact) mass is 544 g/mol. The molecule has 2 amide bonds. The zero-order valence-electron chi connectivity index (χ0n) is 21.8. The fraction of sp³-hybridized carbons (Fsp3) is 0.207. The number of nitro benzene ring substituents is 1. The first-order chi connectivity index (χ1) is 19.0. The fourth-order valence-corrected chi connectivity index (χ4v) is 4.24. The average molecular weight is 545 g/mol. The molecule has 11 heteroatoms. The minimum absolute atomic E-state index is 0.167. The lowest BCUT2D eigenvalue weighted by Crippen LogP contribution is -2.49. The molecule has 11 nitrogen and oxygen atoms in total. The summed E-state index contributed by atoms with van der Waals surface area (Å²) in [4.78, 5) is 75.2. The second-order valence-corrected chi connectivity index (χ2v) is 9.44. The predicted molar refractivity (Wildman–Crippen MR) is 140 cm³/mol. The molecule has 0 aliphatic carbocycles. The lowest BCUT2D eigenvalue weighted by atomic mass is 10.0.